The van der Waals surface area contributed by atoms with E-state index in [1.807, 2.05) is 0 Å². The van der Waals surface area contributed by atoms with Crippen LogP contribution in [0.5, 0.6) is 5.75 Å². The number of carboxylic acids is 1. The minimum absolute atomic E-state index is 0.247. The molecular formula is C12H10ClNO3S. The van der Waals surface area contributed by atoms with Crippen LogP contribution in [0.2, 0.25) is 5.02 Å². The van der Waals surface area contributed by atoms with E-state index in [1.54, 1.807) is 25.1 Å². The van der Waals surface area contributed by atoms with Crippen LogP contribution >= 0.6 is 22.9 Å². The molecule has 1 N–H and O–H groups in total. The van der Waals surface area contributed by atoms with Gasteiger partial charge in [0, 0.05) is 5.56 Å². The van der Waals surface area contributed by atoms with Gasteiger partial charge in [0.25, 0.3) is 0 Å². The Labute approximate surface area is 113 Å². The number of nitrogens with zero attached hydrogens (tertiary/aromatic N) is 1. The van der Waals surface area contributed by atoms with Crippen LogP contribution in [0.3, 0.4) is 0 Å². The summed E-state index contributed by atoms with van der Waals surface area (Å²) >= 11 is 7.16. The highest BCUT2D eigenvalue weighted by atomic mass is 35.5. The molecule has 0 atom stereocenters. The fraction of sp³-hybridized carbons (Fsp3) is 0.167. The van der Waals surface area contributed by atoms with E-state index in [4.69, 9.17) is 21.4 Å². The predicted octanol–water partition coefficient (Wildman–Crippen LogP) is 3.48. The number of thiazole rings is 1. The molecule has 18 heavy (non-hydrogen) atoms. The first-order valence-electron chi connectivity index (χ1n) is 5.07. The largest absolute Gasteiger partial charge is 0.495 e. The standard InChI is InChI=1S/C12H10ClNO3S/c1-6-10(12(15)16)18-11(14-6)7-3-4-9(17-2)8(13)5-7/h3-5H,1-2H3,(H,15,16). The molecule has 1 aromatic carbocycles. The second kappa shape index (κ2) is 4.96. The zero-order valence-corrected chi connectivity index (χ0v) is 11.3. The van der Waals surface area contributed by atoms with Gasteiger partial charge >= 0.3 is 5.97 Å². The lowest BCUT2D eigenvalue weighted by Crippen LogP contribution is -1.94. The Hall–Kier alpha value is -1.59. The van der Waals surface area contributed by atoms with E-state index in [-0.39, 0.29) is 4.88 Å². The highest BCUT2D eigenvalue weighted by Crippen LogP contribution is 2.33. The number of aromatic nitrogens is 1. The molecule has 0 aliphatic rings. The highest BCUT2D eigenvalue weighted by molar-refractivity contribution is 7.17. The molecule has 0 spiro atoms. The number of aryl methyl sites for hydroxylation is 1. The maximum atomic E-state index is 11.0. The fourth-order valence-electron chi connectivity index (χ4n) is 1.52. The van der Waals surface area contributed by atoms with Crippen molar-refractivity contribution >= 4 is 28.9 Å². The Morgan fingerprint density at radius 1 is 1.50 bits per heavy atom. The summed E-state index contributed by atoms with van der Waals surface area (Å²) in [4.78, 5) is 15.4. The number of carbonyl (C=O) groups is 1. The molecule has 0 saturated heterocycles. The molecule has 0 unspecified atom stereocenters. The maximum absolute atomic E-state index is 11.0. The lowest BCUT2D eigenvalue weighted by molar-refractivity contribution is 0.0701. The van der Waals surface area contributed by atoms with Crippen molar-refractivity contribution in [2.24, 2.45) is 0 Å². The molecule has 0 bridgehead atoms. The maximum Gasteiger partial charge on any atom is 0.347 e. The van der Waals surface area contributed by atoms with Crippen LogP contribution in [-0.4, -0.2) is 23.2 Å². The van der Waals surface area contributed by atoms with Crippen molar-refractivity contribution in [3.8, 4) is 16.3 Å². The molecule has 0 amide bonds. The van der Waals surface area contributed by atoms with E-state index in [1.165, 1.54) is 7.11 Å². The SMILES string of the molecule is COc1ccc(-c2nc(C)c(C(=O)O)s2)cc1Cl. The molecule has 1 heterocycles. The molecule has 0 radical (unpaired) electrons. The number of halogens is 1. The third-order valence-electron chi connectivity index (χ3n) is 2.39. The zero-order valence-electron chi connectivity index (χ0n) is 9.73. The highest BCUT2D eigenvalue weighted by Gasteiger charge is 2.15. The van der Waals surface area contributed by atoms with Crippen LogP contribution in [0, 0.1) is 6.92 Å². The molecule has 0 aliphatic heterocycles. The third-order valence-corrected chi connectivity index (χ3v) is 3.88. The number of hydrogen-bond acceptors (Lipinski definition) is 4. The van der Waals surface area contributed by atoms with Crippen molar-refractivity contribution in [1.29, 1.82) is 0 Å². The number of aromatic carboxylic acids is 1. The minimum atomic E-state index is -0.962. The van der Waals surface area contributed by atoms with Gasteiger partial charge in [0.1, 0.15) is 15.6 Å². The van der Waals surface area contributed by atoms with E-state index < -0.39 is 5.97 Å². The molecule has 2 rings (SSSR count). The van der Waals surface area contributed by atoms with Gasteiger partial charge in [-0.25, -0.2) is 9.78 Å². The van der Waals surface area contributed by atoms with Crippen LogP contribution in [0.15, 0.2) is 18.2 Å². The summed E-state index contributed by atoms with van der Waals surface area (Å²) in [5, 5.41) is 10.1. The summed E-state index contributed by atoms with van der Waals surface area (Å²) in [5.41, 5.74) is 1.29. The topological polar surface area (TPSA) is 59.4 Å². The number of benzene rings is 1. The second-order valence-electron chi connectivity index (χ2n) is 3.59. The van der Waals surface area contributed by atoms with Gasteiger partial charge in [-0.05, 0) is 25.1 Å². The summed E-state index contributed by atoms with van der Waals surface area (Å²) in [7, 11) is 1.54. The number of carboxylic acid groups (broad SMARTS) is 1. The molecule has 94 valence electrons. The smallest absolute Gasteiger partial charge is 0.347 e. The average molecular weight is 284 g/mol. The van der Waals surface area contributed by atoms with Gasteiger partial charge in [-0.1, -0.05) is 11.6 Å². The van der Waals surface area contributed by atoms with Gasteiger partial charge in [0.15, 0.2) is 0 Å². The van der Waals surface area contributed by atoms with Gasteiger partial charge in [0.2, 0.25) is 0 Å². The Kier molecular flexibility index (Phi) is 3.54. The van der Waals surface area contributed by atoms with Gasteiger partial charge in [-0.15, -0.1) is 11.3 Å². The molecule has 0 fully saturated rings. The molecule has 6 heteroatoms. The first-order valence-corrected chi connectivity index (χ1v) is 6.27. The summed E-state index contributed by atoms with van der Waals surface area (Å²) in [6.07, 6.45) is 0. The molecular weight excluding hydrogens is 274 g/mol. The minimum Gasteiger partial charge on any atom is -0.495 e. The Morgan fingerprint density at radius 2 is 2.22 bits per heavy atom. The Balaban J connectivity index is 2.46. The van der Waals surface area contributed by atoms with E-state index >= 15 is 0 Å². The summed E-state index contributed by atoms with van der Waals surface area (Å²) in [5.74, 6) is -0.386. The molecule has 0 aliphatic carbocycles. The van der Waals surface area contributed by atoms with Crippen LogP contribution in [0.1, 0.15) is 15.4 Å². The van der Waals surface area contributed by atoms with Crippen LogP contribution in [0.4, 0.5) is 0 Å². The van der Waals surface area contributed by atoms with Gasteiger partial charge < -0.3 is 9.84 Å². The fourth-order valence-corrected chi connectivity index (χ4v) is 2.68. The van der Waals surface area contributed by atoms with E-state index in [0.29, 0.717) is 21.5 Å². The number of rotatable bonds is 3. The van der Waals surface area contributed by atoms with Crippen molar-refractivity contribution in [2.45, 2.75) is 6.92 Å². The molecule has 0 saturated carbocycles. The first kappa shape index (κ1) is 12.9. The molecule has 4 nitrogen and oxygen atoms in total. The monoisotopic (exact) mass is 283 g/mol. The lowest BCUT2D eigenvalue weighted by atomic mass is 10.2. The average Bonchev–Trinajstić information content (AvgIpc) is 2.71. The van der Waals surface area contributed by atoms with Crippen molar-refractivity contribution in [1.82, 2.24) is 4.98 Å². The van der Waals surface area contributed by atoms with Crippen LogP contribution in [-0.2, 0) is 0 Å². The Morgan fingerprint density at radius 3 is 2.72 bits per heavy atom. The van der Waals surface area contributed by atoms with Crippen molar-refractivity contribution in [2.75, 3.05) is 7.11 Å². The number of ether oxygens (including phenoxy) is 1. The predicted molar refractivity (Wildman–Crippen MR) is 70.8 cm³/mol. The number of methoxy groups -OCH3 is 1. The van der Waals surface area contributed by atoms with Crippen molar-refractivity contribution < 1.29 is 14.6 Å². The quantitative estimate of drug-likeness (QED) is 0.937. The number of hydrogen-bond donors (Lipinski definition) is 1. The van der Waals surface area contributed by atoms with Crippen molar-refractivity contribution in [3.05, 3.63) is 33.8 Å². The lowest BCUT2D eigenvalue weighted by Gasteiger charge is -2.03. The first-order chi connectivity index (χ1) is 8.52. The van der Waals surface area contributed by atoms with Crippen LogP contribution < -0.4 is 4.74 Å². The Bertz CT molecular complexity index is 609. The normalized spacial score (nSPS) is 10.4. The van der Waals surface area contributed by atoms with Gasteiger partial charge in [0.05, 0.1) is 17.8 Å². The third kappa shape index (κ3) is 2.32. The second-order valence-corrected chi connectivity index (χ2v) is 4.99. The summed E-state index contributed by atoms with van der Waals surface area (Å²) in [6, 6.07) is 5.24. The molecule has 1 aromatic heterocycles. The van der Waals surface area contributed by atoms with E-state index in [2.05, 4.69) is 4.98 Å². The van der Waals surface area contributed by atoms with E-state index in [9.17, 15) is 4.79 Å². The molecule has 2 aromatic rings. The van der Waals surface area contributed by atoms with Gasteiger partial charge in [-0.2, -0.15) is 0 Å². The van der Waals surface area contributed by atoms with Gasteiger partial charge in [-0.3, -0.25) is 0 Å². The van der Waals surface area contributed by atoms with Crippen LogP contribution in [0.25, 0.3) is 10.6 Å². The summed E-state index contributed by atoms with van der Waals surface area (Å²) < 4.78 is 5.06. The summed E-state index contributed by atoms with van der Waals surface area (Å²) in [6.45, 7) is 1.68. The van der Waals surface area contributed by atoms with E-state index in [0.717, 1.165) is 16.9 Å². The zero-order chi connectivity index (χ0) is 13.3. The van der Waals surface area contributed by atoms with Crippen molar-refractivity contribution in [3.63, 3.8) is 0 Å².